The number of carbonyl (C=O) groups excluding carboxylic acids is 1. The van der Waals surface area contributed by atoms with Crippen molar-refractivity contribution in [3.05, 3.63) is 71.8 Å². The fourth-order valence-corrected chi connectivity index (χ4v) is 3.11. The van der Waals surface area contributed by atoms with Gasteiger partial charge in [0.15, 0.2) is 0 Å². The van der Waals surface area contributed by atoms with E-state index in [0.29, 0.717) is 6.54 Å². The zero-order valence-corrected chi connectivity index (χ0v) is 16.8. The molecule has 25 heavy (non-hydrogen) atoms. The number of benzene rings is 2. The van der Waals surface area contributed by atoms with E-state index in [9.17, 15) is 4.79 Å². The van der Waals surface area contributed by atoms with Crippen LogP contribution in [0.5, 0.6) is 5.75 Å². The summed E-state index contributed by atoms with van der Waals surface area (Å²) < 4.78 is 5.19. The predicted octanol–water partition coefficient (Wildman–Crippen LogP) is 5.46. The maximum atomic E-state index is 12.6. The maximum absolute atomic E-state index is 12.6. The van der Waals surface area contributed by atoms with Crippen molar-refractivity contribution in [2.45, 2.75) is 29.6 Å². The zero-order chi connectivity index (χ0) is 18.1. The molecule has 1 unspecified atom stereocenters. The topological polar surface area (TPSA) is 29.5 Å². The number of carbonyl (C=O) groups is 1. The number of nitrogens with zero attached hydrogens (tertiary/aromatic N) is 1. The van der Waals surface area contributed by atoms with Crippen LogP contribution in [-0.2, 0) is 11.3 Å². The van der Waals surface area contributed by atoms with E-state index in [4.69, 9.17) is 4.74 Å². The average Bonchev–Trinajstić information content (AvgIpc) is 2.67. The molecule has 5 heteroatoms. The lowest BCUT2D eigenvalue weighted by atomic mass is 10.2. The molecule has 0 aliphatic rings. The maximum Gasteiger partial charge on any atom is 0.240 e. The monoisotopic (exact) mass is 419 g/mol. The Balaban J connectivity index is 2.10. The molecule has 1 amide bonds. The number of alkyl halides is 1. The molecule has 0 spiro atoms. The standard InChI is InChI=1S/C20H22BrNO2S/c1-3-19(21)20(23)22(13-14-25-18-7-5-4-6-8-18)15-16-9-11-17(24-2)12-10-16/h4-14,19H,3,15H2,1-2H3/b14-13+. The highest BCUT2D eigenvalue weighted by Crippen LogP contribution is 2.21. The summed E-state index contributed by atoms with van der Waals surface area (Å²) >= 11 is 5.06. The first-order valence-electron chi connectivity index (χ1n) is 8.10. The second kappa shape index (κ2) is 10.3. The number of hydrogen-bond donors (Lipinski definition) is 0. The molecule has 0 bridgehead atoms. The molecule has 0 fully saturated rings. The lowest BCUT2D eigenvalue weighted by Gasteiger charge is -2.21. The number of rotatable bonds is 8. The van der Waals surface area contributed by atoms with Gasteiger partial charge in [0, 0.05) is 11.1 Å². The fourth-order valence-electron chi connectivity index (χ4n) is 2.17. The van der Waals surface area contributed by atoms with Crippen LogP contribution in [0.4, 0.5) is 0 Å². The summed E-state index contributed by atoms with van der Waals surface area (Å²) in [5.74, 6) is 0.868. The van der Waals surface area contributed by atoms with Gasteiger partial charge in [-0.05, 0) is 41.7 Å². The van der Waals surface area contributed by atoms with Crippen LogP contribution in [0, 0.1) is 0 Å². The summed E-state index contributed by atoms with van der Waals surface area (Å²) in [7, 11) is 1.64. The van der Waals surface area contributed by atoms with Gasteiger partial charge >= 0.3 is 0 Å². The Labute approximate surface area is 162 Å². The van der Waals surface area contributed by atoms with Crippen LogP contribution >= 0.6 is 27.7 Å². The molecule has 0 aromatic heterocycles. The summed E-state index contributed by atoms with van der Waals surface area (Å²) in [5, 5.41) is 1.95. The summed E-state index contributed by atoms with van der Waals surface area (Å²) in [6, 6.07) is 17.9. The van der Waals surface area contributed by atoms with Crippen LogP contribution < -0.4 is 4.74 Å². The Morgan fingerprint density at radius 1 is 1.20 bits per heavy atom. The summed E-state index contributed by atoms with van der Waals surface area (Å²) in [6.07, 6.45) is 2.60. The number of halogens is 1. The molecule has 0 aliphatic carbocycles. The highest BCUT2D eigenvalue weighted by Gasteiger charge is 2.19. The number of thioether (sulfide) groups is 1. The molecule has 0 heterocycles. The van der Waals surface area contributed by atoms with Crippen LogP contribution in [0.2, 0.25) is 0 Å². The SMILES string of the molecule is CCC(Br)C(=O)N(/C=C/Sc1ccccc1)Cc1ccc(OC)cc1. The molecule has 0 aliphatic heterocycles. The predicted molar refractivity (Wildman–Crippen MR) is 108 cm³/mol. The van der Waals surface area contributed by atoms with Crippen molar-refractivity contribution in [3.63, 3.8) is 0 Å². The van der Waals surface area contributed by atoms with Crippen LogP contribution in [0.25, 0.3) is 0 Å². The molecule has 1 atom stereocenters. The van der Waals surface area contributed by atoms with Gasteiger partial charge < -0.3 is 9.64 Å². The molecule has 0 N–H and O–H groups in total. The molecule has 2 rings (SSSR count). The van der Waals surface area contributed by atoms with Gasteiger partial charge in [-0.25, -0.2) is 0 Å². The lowest BCUT2D eigenvalue weighted by Crippen LogP contribution is -2.31. The third-order valence-electron chi connectivity index (χ3n) is 3.61. The normalized spacial score (nSPS) is 12.1. The first-order valence-corrected chi connectivity index (χ1v) is 9.89. The third-order valence-corrected chi connectivity index (χ3v) is 5.45. The van der Waals surface area contributed by atoms with Gasteiger partial charge in [-0.15, -0.1) is 0 Å². The minimum Gasteiger partial charge on any atom is -0.497 e. The summed E-state index contributed by atoms with van der Waals surface area (Å²) in [6.45, 7) is 2.52. The van der Waals surface area contributed by atoms with Crippen LogP contribution in [-0.4, -0.2) is 22.7 Å². The Morgan fingerprint density at radius 2 is 1.88 bits per heavy atom. The molecule has 2 aromatic rings. The zero-order valence-electron chi connectivity index (χ0n) is 14.4. The summed E-state index contributed by atoms with van der Waals surface area (Å²) in [5.41, 5.74) is 1.05. The second-order valence-electron chi connectivity index (χ2n) is 5.41. The van der Waals surface area contributed by atoms with E-state index in [0.717, 1.165) is 22.6 Å². The largest absolute Gasteiger partial charge is 0.497 e. The average molecular weight is 420 g/mol. The molecule has 0 saturated carbocycles. The third kappa shape index (κ3) is 6.25. The Morgan fingerprint density at radius 3 is 2.48 bits per heavy atom. The van der Waals surface area contributed by atoms with Gasteiger partial charge in [-0.3, -0.25) is 4.79 Å². The van der Waals surface area contributed by atoms with Crippen LogP contribution in [0.15, 0.2) is 71.1 Å². The van der Waals surface area contributed by atoms with Gasteiger partial charge in [-0.1, -0.05) is 64.9 Å². The highest BCUT2D eigenvalue weighted by atomic mass is 79.9. The van der Waals surface area contributed by atoms with E-state index >= 15 is 0 Å². The van der Waals surface area contributed by atoms with E-state index in [1.54, 1.807) is 23.8 Å². The molecule has 2 aromatic carbocycles. The van der Waals surface area contributed by atoms with Gasteiger partial charge in [-0.2, -0.15) is 0 Å². The number of amides is 1. The Kier molecular flexibility index (Phi) is 8.09. The number of methoxy groups -OCH3 is 1. The molecule has 3 nitrogen and oxygen atoms in total. The Bertz CT molecular complexity index is 689. The number of ether oxygens (including phenoxy) is 1. The van der Waals surface area contributed by atoms with Crippen molar-refractivity contribution in [3.8, 4) is 5.75 Å². The molecule has 0 radical (unpaired) electrons. The molecular weight excluding hydrogens is 398 g/mol. The van der Waals surface area contributed by atoms with Gasteiger partial charge in [0.05, 0.1) is 18.5 Å². The van der Waals surface area contributed by atoms with E-state index in [-0.39, 0.29) is 10.7 Å². The van der Waals surface area contributed by atoms with Crippen molar-refractivity contribution >= 4 is 33.6 Å². The van der Waals surface area contributed by atoms with Crippen molar-refractivity contribution in [2.24, 2.45) is 0 Å². The van der Waals surface area contributed by atoms with E-state index in [2.05, 4.69) is 15.9 Å². The molecule has 0 saturated heterocycles. The smallest absolute Gasteiger partial charge is 0.240 e. The number of hydrogen-bond acceptors (Lipinski definition) is 3. The minimum atomic E-state index is -0.183. The van der Waals surface area contributed by atoms with Crippen molar-refractivity contribution in [1.29, 1.82) is 0 Å². The highest BCUT2D eigenvalue weighted by molar-refractivity contribution is 9.10. The van der Waals surface area contributed by atoms with E-state index in [1.807, 2.05) is 73.1 Å². The van der Waals surface area contributed by atoms with Gasteiger partial charge in [0.2, 0.25) is 5.91 Å². The van der Waals surface area contributed by atoms with Crippen LogP contribution in [0.3, 0.4) is 0 Å². The van der Waals surface area contributed by atoms with Crippen molar-refractivity contribution in [2.75, 3.05) is 7.11 Å². The Hall–Kier alpha value is -1.72. The quantitative estimate of drug-likeness (QED) is 0.420. The molecule has 132 valence electrons. The minimum absolute atomic E-state index is 0.0585. The van der Waals surface area contributed by atoms with E-state index < -0.39 is 0 Å². The van der Waals surface area contributed by atoms with Gasteiger partial charge in [0.1, 0.15) is 5.75 Å². The van der Waals surface area contributed by atoms with Crippen molar-refractivity contribution < 1.29 is 9.53 Å². The lowest BCUT2D eigenvalue weighted by molar-refractivity contribution is -0.128. The fraction of sp³-hybridized carbons (Fsp3) is 0.250. The first-order chi connectivity index (χ1) is 12.1. The van der Waals surface area contributed by atoms with E-state index in [1.165, 1.54) is 0 Å². The summed E-state index contributed by atoms with van der Waals surface area (Å²) in [4.78, 5) is 15.3. The second-order valence-corrected chi connectivity index (χ2v) is 7.49. The first kappa shape index (κ1) is 19.6. The van der Waals surface area contributed by atoms with Gasteiger partial charge in [0.25, 0.3) is 0 Å². The van der Waals surface area contributed by atoms with Crippen molar-refractivity contribution in [1.82, 2.24) is 4.90 Å². The molecular formula is C20H22BrNO2S. The van der Waals surface area contributed by atoms with Crippen LogP contribution in [0.1, 0.15) is 18.9 Å².